The van der Waals surface area contributed by atoms with Crippen LogP contribution in [0.25, 0.3) is 0 Å². The summed E-state index contributed by atoms with van der Waals surface area (Å²) in [4.78, 5) is 11.4. The Morgan fingerprint density at radius 1 is 1.10 bits per heavy atom. The average Bonchev–Trinajstić information content (AvgIpc) is 2.52. The van der Waals surface area contributed by atoms with E-state index >= 15 is 0 Å². The van der Waals surface area contributed by atoms with Gasteiger partial charge in [0.2, 0.25) is 5.91 Å². The molecule has 0 heterocycles. The summed E-state index contributed by atoms with van der Waals surface area (Å²) in [6.45, 7) is 0.119. The summed E-state index contributed by atoms with van der Waals surface area (Å²) in [7, 11) is 0. The molecule has 2 N–H and O–H groups in total. The Kier molecular flexibility index (Phi) is 5.18. The van der Waals surface area contributed by atoms with E-state index in [-0.39, 0.29) is 19.0 Å². The summed E-state index contributed by atoms with van der Waals surface area (Å²) in [5.41, 5.74) is 0.774. The first kappa shape index (κ1) is 14.4. The number of hydrogen-bond acceptors (Lipinski definition) is 4. The van der Waals surface area contributed by atoms with Crippen molar-refractivity contribution in [1.82, 2.24) is 5.32 Å². The molecule has 0 bridgehead atoms. The van der Waals surface area contributed by atoms with E-state index in [1.807, 2.05) is 60.7 Å². The summed E-state index contributed by atoms with van der Waals surface area (Å²) in [6, 6.07) is 18.7. The predicted octanol–water partition coefficient (Wildman–Crippen LogP) is 2.53. The van der Waals surface area contributed by atoms with Gasteiger partial charge in [-0.2, -0.15) is 5.26 Å². The lowest BCUT2D eigenvalue weighted by Gasteiger charge is -2.09. The van der Waals surface area contributed by atoms with Crippen LogP contribution in [-0.2, 0) is 4.79 Å². The molecule has 5 nitrogen and oxygen atoms in total. The molecule has 1 amide bonds. The summed E-state index contributed by atoms with van der Waals surface area (Å²) < 4.78 is 5.71. The van der Waals surface area contributed by atoms with Crippen molar-refractivity contribution < 1.29 is 9.53 Å². The third kappa shape index (κ3) is 4.88. The topological polar surface area (TPSA) is 74.2 Å². The first-order chi connectivity index (χ1) is 10.3. The molecule has 0 spiro atoms. The highest BCUT2D eigenvalue weighted by atomic mass is 16.5. The Morgan fingerprint density at radius 3 is 2.62 bits per heavy atom. The van der Waals surface area contributed by atoms with Crippen molar-refractivity contribution in [2.75, 3.05) is 18.4 Å². The third-order valence-corrected chi connectivity index (χ3v) is 2.63. The number of nitriles is 1. The highest BCUT2D eigenvalue weighted by Crippen LogP contribution is 2.23. The molecular formula is C16H15N3O2. The second kappa shape index (κ2) is 7.56. The predicted molar refractivity (Wildman–Crippen MR) is 80.1 cm³/mol. The van der Waals surface area contributed by atoms with Gasteiger partial charge in [0.15, 0.2) is 0 Å². The minimum absolute atomic E-state index is 0.0116. The third-order valence-electron chi connectivity index (χ3n) is 2.63. The van der Waals surface area contributed by atoms with Gasteiger partial charge < -0.3 is 15.4 Å². The van der Waals surface area contributed by atoms with Crippen LogP contribution in [-0.4, -0.2) is 19.0 Å². The summed E-state index contributed by atoms with van der Waals surface area (Å²) in [5.74, 6) is 1.20. The molecule has 5 heteroatoms. The van der Waals surface area contributed by atoms with E-state index in [9.17, 15) is 4.79 Å². The summed E-state index contributed by atoms with van der Waals surface area (Å²) in [6.07, 6.45) is 0. The van der Waals surface area contributed by atoms with E-state index < -0.39 is 0 Å². The summed E-state index contributed by atoms with van der Waals surface area (Å²) >= 11 is 0. The zero-order chi connectivity index (χ0) is 14.9. The molecule has 0 aliphatic heterocycles. The molecule has 0 radical (unpaired) electrons. The number of ether oxygens (including phenoxy) is 1. The lowest BCUT2D eigenvalue weighted by molar-refractivity contribution is -0.119. The molecule has 0 saturated heterocycles. The number of benzene rings is 2. The molecular weight excluding hydrogens is 266 g/mol. The fourth-order valence-electron chi connectivity index (χ4n) is 1.68. The number of carbonyl (C=O) groups is 1. The van der Waals surface area contributed by atoms with E-state index in [0.29, 0.717) is 5.75 Å². The SMILES string of the molecule is N#CCNC(=O)CNc1cccc(Oc2ccccc2)c1. The molecule has 0 aromatic heterocycles. The van der Waals surface area contributed by atoms with Crippen LogP contribution in [0.5, 0.6) is 11.5 Å². The van der Waals surface area contributed by atoms with Crippen molar-refractivity contribution in [1.29, 1.82) is 5.26 Å². The van der Waals surface area contributed by atoms with Crippen molar-refractivity contribution in [3.8, 4) is 17.6 Å². The van der Waals surface area contributed by atoms with Gasteiger partial charge in [0.1, 0.15) is 18.0 Å². The first-order valence-corrected chi connectivity index (χ1v) is 6.48. The maximum Gasteiger partial charge on any atom is 0.240 e. The van der Waals surface area contributed by atoms with Crippen LogP contribution in [0.15, 0.2) is 54.6 Å². The molecule has 2 aromatic carbocycles. The van der Waals surface area contributed by atoms with Crippen LogP contribution in [0.4, 0.5) is 5.69 Å². The van der Waals surface area contributed by atoms with Gasteiger partial charge in [-0.1, -0.05) is 24.3 Å². The maximum absolute atomic E-state index is 11.4. The van der Waals surface area contributed by atoms with Crippen LogP contribution in [0.2, 0.25) is 0 Å². The lowest BCUT2D eigenvalue weighted by Crippen LogP contribution is -2.29. The van der Waals surface area contributed by atoms with Crippen molar-refractivity contribution in [2.24, 2.45) is 0 Å². The Bertz CT molecular complexity index is 635. The molecule has 0 saturated carbocycles. The highest BCUT2D eigenvalue weighted by Gasteiger charge is 2.02. The number of hydrogen-bond donors (Lipinski definition) is 2. The monoisotopic (exact) mass is 281 g/mol. The fourth-order valence-corrected chi connectivity index (χ4v) is 1.68. The largest absolute Gasteiger partial charge is 0.457 e. The molecule has 21 heavy (non-hydrogen) atoms. The Balaban J connectivity index is 1.92. The second-order valence-corrected chi connectivity index (χ2v) is 4.23. The number of anilines is 1. The summed E-state index contributed by atoms with van der Waals surface area (Å²) in [5, 5.41) is 13.8. The van der Waals surface area contributed by atoms with Gasteiger partial charge >= 0.3 is 0 Å². The van der Waals surface area contributed by atoms with Crippen LogP contribution in [0, 0.1) is 11.3 Å². The molecule has 2 aromatic rings. The van der Waals surface area contributed by atoms with E-state index in [1.54, 1.807) is 0 Å². The number of carbonyl (C=O) groups excluding carboxylic acids is 1. The quantitative estimate of drug-likeness (QED) is 0.798. The molecule has 106 valence electrons. The van der Waals surface area contributed by atoms with Crippen molar-refractivity contribution in [3.05, 3.63) is 54.6 Å². The number of amides is 1. The first-order valence-electron chi connectivity index (χ1n) is 6.48. The Labute approximate surface area is 123 Å². The molecule has 0 unspecified atom stereocenters. The molecule has 2 rings (SSSR count). The standard InChI is InChI=1S/C16H15N3O2/c17-9-10-18-16(20)12-19-13-5-4-8-15(11-13)21-14-6-2-1-3-7-14/h1-8,11,19H,10,12H2,(H,18,20). The minimum atomic E-state index is -0.231. The lowest BCUT2D eigenvalue weighted by atomic mass is 10.3. The van der Waals surface area contributed by atoms with E-state index in [1.165, 1.54) is 0 Å². The number of para-hydroxylation sites is 1. The molecule has 0 atom stereocenters. The number of rotatable bonds is 6. The van der Waals surface area contributed by atoms with Gasteiger partial charge in [-0.15, -0.1) is 0 Å². The van der Waals surface area contributed by atoms with Gasteiger partial charge in [0.25, 0.3) is 0 Å². The van der Waals surface area contributed by atoms with Crippen LogP contribution in [0.1, 0.15) is 0 Å². The van der Waals surface area contributed by atoms with Crippen LogP contribution >= 0.6 is 0 Å². The smallest absolute Gasteiger partial charge is 0.240 e. The average molecular weight is 281 g/mol. The highest BCUT2D eigenvalue weighted by molar-refractivity contribution is 5.80. The van der Waals surface area contributed by atoms with Crippen molar-refractivity contribution in [2.45, 2.75) is 0 Å². The molecule has 0 aliphatic carbocycles. The second-order valence-electron chi connectivity index (χ2n) is 4.23. The van der Waals surface area contributed by atoms with Crippen LogP contribution in [0.3, 0.4) is 0 Å². The van der Waals surface area contributed by atoms with E-state index in [2.05, 4.69) is 10.6 Å². The maximum atomic E-state index is 11.4. The van der Waals surface area contributed by atoms with Gasteiger partial charge in [-0.25, -0.2) is 0 Å². The van der Waals surface area contributed by atoms with Gasteiger partial charge in [0.05, 0.1) is 12.6 Å². The Morgan fingerprint density at radius 2 is 1.86 bits per heavy atom. The van der Waals surface area contributed by atoms with Crippen molar-refractivity contribution >= 4 is 11.6 Å². The zero-order valence-electron chi connectivity index (χ0n) is 11.4. The Hall–Kier alpha value is -3.00. The fraction of sp³-hybridized carbons (Fsp3) is 0.125. The van der Waals surface area contributed by atoms with E-state index in [0.717, 1.165) is 11.4 Å². The number of nitrogens with zero attached hydrogens (tertiary/aromatic N) is 1. The minimum Gasteiger partial charge on any atom is -0.457 e. The normalized spacial score (nSPS) is 9.48. The van der Waals surface area contributed by atoms with E-state index in [4.69, 9.17) is 10.00 Å². The van der Waals surface area contributed by atoms with Crippen LogP contribution < -0.4 is 15.4 Å². The van der Waals surface area contributed by atoms with Gasteiger partial charge in [-0.3, -0.25) is 4.79 Å². The molecule has 0 aliphatic rings. The van der Waals surface area contributed by atoms with Crippen molar-refractivity contribution in [3.63, 3.8) is 0 Å². The van der Waals surface area contributed by atoms with Gasteiger partial charge in [0, 0.05) is 11.8 Å². The zero-order valence-corrected chi connectivity index (χ0v) is 11.4. The van der Waals surface area contributed by atoms with Gasteiger partial charge in [-0.05, 0) is 24.3 Å². The molecule has 0 fully saturated rings. The number of nitrogens with one attached hydrogen (secondary N) is 2.